The highest BCUT2D eigenvalue weighted by molar-refractivity contribution is 7.98. The fourth-order valence-corrected chi connectivity index (χ4v) is 4.16. The monoisotopic (exact) mass is 425 g/mol. The van der Waals surface area contributed by atoms with Gasteiger partial charge in [-0.3, -0.25) is 4.57 Å². The van der Waals surface area contributed by atoms with Crippen molar-refractivity contribution in [3.8, 4) is 5.69 Å². The molecular formula is C22H17Cl2N3S. The molecule has 0 aliphatic rings. The van der Waals surface area contributed by atoms with Crippen molar-refractivity contribution < 1.29 is 0 Å². The molecule has 4 aromatic rings. The predicted molar refractivity (Wildman–Crippen MR) is 117 cm³/mol. The van der Waals surface area contributed by atoms with Crippen LogP contribution < -0.4 is 0 Å². The van der Waals surface area contributed by atoms with E-state index in [2.05, 4.69) is 33.0 Å². The Kier molecular flexibility index (Phi) is 6.01. The second kappa shape index (κ2) is 8.82. The van der Waals surface area contributed by atoms with Crippen LogP contribution in [0.5, 0.6) is 0 Å². The quantitative estimate of drug-likeness (QED) is 0.332. The number of thioether (sulfide) groups is 1. The molecule has 0 N–H and O–H groups in total. The lowest BCUT2D eigenvalue weighted by Gasteiger charge is -2.11. The standard InChI is InChI=1S/C22H17Cl2N3S/c23-18-9-11-20(12-10-18)27-21(14-16-5-2-1-3-6-16)25-26-22(27)28-15-17-7-4-8-19(24)13-17/h1-13H,14-15H2. The molecule has 0 atom stereocenters. The highest BCUT2D eigenvalue weighted by Gasteiger charge is 2.15. The van der Waals surface area contributed by atoms with Crippen molar-refractivity contribution in [1.29, 1.82) is 0 Å². The third-order valence-electron chi connectivity index (χ3n) is 4.25. The van der Waals surface area contributed by atoms with Crippen molar-refractivity contribution in [2.45, 2.75) is 17.3 Å². The first-order chi connectivity index (χ1) is 13.7. The van der Waals surface area contributed by atoms with Gasteiger partial charge in [0.1, 0.15) is 5.82 Å². The van der Waals surface area contributed by atoms with Crippen LogP contribution in [0.4, 0.5) is 0 Å². The lowest BCUT2D eigenvalue weighted by molar-refractivity contribution is 0.848. The number of benzene rings is 3. The summed E-state index contributed by atoms with van der Waals surface area (Å²) in [5.41, 5.74) is 3.33. The second-order valence-electron chi connectivity index (χ2n) is 6.29. The summed E-state index contributed by atoms with van der Waals surface area (Å²) in [6.45, 7) is 0. The minimum atomic E-state index is 0.703. The Morgan fingerprint density at radius 3 is 2.25 bits per heavy atom. The van der Waals surface area contributed by atoms with E-state index in [-0.39, 0.29) is 0 Å². The van der Waals surface area contributed by atoms with Gasteiger partial charge in [-0.05, 0) is 47.5 Å². The van der Waals surface area contributed by atoms with E-state index in [0.717, 1.165) is 33.0 Å². The maximum atomic E-state index is 6.11. The minimum Gasteiger partial charge on any atom is -0.274 e. The Bertz CT molecular complexity index is 1060. The van der Waals surface area contributed by atoms with Crippen molar-refractivity contribution in [3.63, 3.8) is 0 Å². The molecule has 0 aliphatic heterocycles. The van der Waals surface area contributed by atoms with E-state index in [0.29, 0.717) is 11.4 Å². The Balaban J connectivity index is 1.66. The van der Waals surface area contributed by atoms with Gasteiger partial charge >= 0.3 is 0 Å². The summed E-state index contributed by atoms with van der Waals surface area (Å²) < 4.78 is 2.10. The SMILES string of the molecule is Clc1ccc(-n2c(Cc3ccccc3)nnc2SCc2cccc(Cl)c2)cc1. The number of hydrogen-bond acceptors (Lipinski definition) is 3. The first kappa shape index (κ1) is 19.1. The molecule has 1 aromatic heterocycles. The zero-order valence-corrected chi connectivity index (χ0v) is 17.3. The Morgan fingerprint density at radius 1 is 0.750 bits per heavy atom. The molecule has 140 valence electrons. The molecule has 6 heteroatoms. The van der Waals surface area contributed by atoms with E-state index in [4.69, 9.17) is 23.2 Å². The summed E-state index contributed by atoms with van der Waals surface area (Å²) in [6.07, 6.45) is 0.703. The van der Waals surface area contributed by atoms with Gasteiger partial charge in [-0.25, -0.2) is 0 Å². The molecule has 0 spiro atoms. The van der Waals surface area contributed by atoms with Gasteiger partial charge in [-0.1, -0.05) is 77.4 Å². The second-order valence-corrected chi connectivity index (χ2v) is 8.11. The van der Waals surface area contributed by atoms with Gasteiger partial charge in [0.2, 0.25) is 0 Å². The van der Waals surface area contributed by atoms with Crippen molar-refractivity contribution in [2.75, 3.05) is 0 Å². The van der Waals surface area contributed by atoms with Gasteiger partial charge in [-0.2, -0.15) is 0 Å². The highest BCUT2D eigenvalue weighted by atomic mass is 35.5. The van der Waals surface area contributed by atoms with Gasteiger partial charge in [0.25, 0.3) is 0 Å². The van der Waals surface area contributed by atoms with Crippen LogP contribution in [0.1, 0.15) is 17.0 Å². The van der Waals surface area contributed by atoms with Crippen molar-refractivity contribution in [1.82, 2.24) is 14.8 Å². The molecule has 3 nitrogen and oxygen atoms in total. The van der Waals surface area contributed by atoms with E-state index in [1.807, 2.05) is 60.7 Å². The van der Waals surface area contributed by atoms with E-state index >= 15 is 0 Å². The normalized spacial score (nSPS) is 10.9. The minimum absolute atomic E-state index is 0.703. The molecular weight excluding hydrogens is 409 g/mol. The molecule has 0 aliphatic carbocycles. The molecule has 3 aromatic carbocycles. The summed E-state index contributed by atoms with van der Waals surface area (Å²) in [4.78, 5) is 0. The molecule has 0 radical (unpaired) electrons. The summed E-state index contributed by atoms with van der Waals surface area (Å²) in [5, 5.41) is 11.2. The van der Waals surface area contributed by atoms with Gasteiger partial charge in [-0.15, -0.1) is 10.2 Å². The Labute approximate surface area is 178 Å². The number of aromatic nitrogens is 3. The van der Waals surface area contributed by atoms with Gasteiger partial charge in [0.15, 0.2) is 5.16 Å². The van der Waals surface area contributed by atoms with Crippen LogP contribution in [-0.2, 0) is 12.2 Å². The molecule has 4 rings (SSSR count). The van der Waals surface area contributed by atoms with Gasteiger partial charge in [0.05, 0.1) is 0 Å². The van der Waals surface area contributed by atoms with E-state index in [9.17, 15) is 0 Å². The maximum absolute atomic E-state index is 6.11. The van der Waals surface area contributed by atoms with E-state index < -0.39 is 0 Å². The average molecular weight is 426 g/mol. The smallest absolute Gasteiger partial charge is 0.196 e. The van der Waals surface area contributed by atoms with E-state index in [1.54, 1.807) is 11.8 Å². The lowest BCUT2D eigenvalue weighted by atomic mass is 10.1. The fraction of sp³-hybridized carbons (Fsp3) is 0.0909. The molecule has 0 amide bonds. The zero-order chi connectivity index (χ0) is 19.3. The first-order valence-corrected chi connectivity index (χ1v) is 10.5. The third kappa shape index (κ3) is 4.58. The van der Waals surface area contributed by atoms with Crippen molar-refractivity contribution in [2.24, 2.45) is 0 Å². The highest BCUT2D eigenvalue weighted by Crippen LogP contribution is 2.27. The largest absolute Gasteiger partial charge is 0.274 e. The average Bonchev–Trinajstić information content (AvgIpc) is 3.10. The third-order valence-corrected chi connectivity index (χ3v) is 5.73. The first-order valence-electron chi connectivity index (χ1n) is 8.80. The summed E-state index contributed by atoms with van der Waals surface area (Å²) >= 11 is 13.8. The molecule has 0 bridgehead atoms. The van der Waals surface area contributed by atoms with Crippen LogP contribution in [0, 0.1) is 0 Å². The van der Waals surface area contributed by atoms with Gasteiger partial charge in [0, 0.05) is 27.9 Å². The Morgan fingerprint density at radius 2 is 1.50 bits per heavy atom. The van der Waals surface area contributed by atoms with Crippen LogP contribution in [0.25, 0.3) is 5.69 Å². The molecule has 28 heavy (non-hydrogen) atoms. The van der Waals surface area contributed by atoms with Crippen molar-refractivity contribution >= 4 is 35.0 Å². The predicted octanol–water partition coefficient (Wildman–Crippen LogP) is 6.46. The van der Waals surface area contributed by atoms with Crippen LogP contribution >= 0.6 is 35.0 Å². The lowest BCUT2D eigenvalue weighted by Crippen LogP contribution is -2.03. The fourth-order valence-electron chi connectivity index (χ4n) is 2.91. The van der Waals surface area contributed by atoms with Crippen LogP contribution in [0.15, 0.2) is 84.0 Å². The molecule has 1 heterocycles. The summed E-state index contributed by atoms with van der Waals surface area (Å²) in [5.74, 6) is 1.65. The van der Waals surface area contributed by atoms with Gasteiger partial charge < -0.3 is 0 Å². The maximum Gasteiger partial charge on any atom is 0.196 e. The Hall–Kier alpha value is -2.27. The number of halogens is 2. The number of hydrogen-bond donors (Lipinski definition) is 0. The summed E-state index contributed by atoms with van der Waals surface area (Å²) in [6, 6.07) is 25.9. The number of nitrogens with zero attached hydrogens (tertiary/aromatic N) is 3. The topological polar surface area (TPSA) is 30.7 Å². The zero-order valence-electron chi connectivity index (χ0n) is 14.9. The number of rotatable bonds is 6. The molecule has 0 fully saturated rings. The summed E-state index contributed by atoms with van der Waals surface area (Å²) in [7, 11) is 0. The van der Waals surface area contributed by atoms with Crippen LogP contribution in [0.2, 0.25) is 10.0 Å². The van der Waals surface area contributed by atoms with Crippen molar-refractivity contribution in [3.05, 3.63) is 106 Å². The van der Waals surface area contributed by atoms with Crippen LogP contribution in [-0.4, -0.2) is 14.8 Å². The molecule has 0 unspecified atom stereocenters. The molecule has 0 saturated carbocycles. The van der Waals surface area contributed by atoms with Crippen LogP contribution in [0.3, 0.4) is 0 Å². The molecule has 0 saturated heterocycles. The van der Waals surface area contributed by atoms with E-state index in [1.165, 1.54) is 5.56 Å².